The summed E-state index contributed by atoms with van der Waals surface area (Å²) >= 11 is 0. The molecule has 0 bridgehead atoms. The van der Waals surface area contributed by atoms with Crippen LogP contribution in [0, 0.1) is 10.1 Å². The molecular formula is C10H14N2O5. The Hall–Kier alpha value is -1.54. The maximum absolute atomic E-state index is 10.6. The largest absolute Gasteiger partial charge is 0.391 e. The van der Waals surface area contributed by atoms with Gasteiger partial charge in [0.2, 0.25) is 0 Å². The first-order valence-electron chi connectivity index (χ1n) is 4.95. The van der Waals surface area contributed by atoms with E-state index >= 15 is 0 Å². The van der Waals surface area contributed by atoms with Crippen molar-refractivity contribution >= 4 is 5.69 Å². The van der Waals surface area contributed by atoms with Gasteiger partial charge in [0.1, 0.15) is 6.10 Å². The second-order valence-corrected chi connectivity index (χ2v) is 3.55. The molecule has 0 heterocycles. The average molecular weight is 242 g/mol. The van der Waals surface area contributed by atoms with Crippen LogP contribution in [0.3, 0.4) is 0 Å². The molecule has 1 rings (SSSR count). The van der Waals surface area contributed by atoms with Crippen molar-refractivity contribution < 1.29 is 20.2 Å². The minimum absolute atomic E-state index is 0.0794. The van der Waals surface area contributed by atoms with Crippen LogP contribution in [0.4, 0.5) is 5.69 Å². The van der Waals surface area contributed by atoms with E-state index in [1.165, 1.54) is 18.2 Å². The normalized spacial score (nSPS) is 14.4. The Morgan fingerprint density at radius 2 is 2.06 bits per heavy atom. The zero-order valence-electron chi connectivity index (χ0n) is 8.98. The first-order chi connectivity index (χ1) is 8.01. The third kappa shape index (κ3) is 2.98. The van der Waals surface area contributed by atoms with E-state index in [9.17, 15) is 20.3 Å². The van der Waals surface area contributed by atoms with E-state index in [1.54, 1.807) is 0 Å². The molecule has 0 aliphatic carbocycles. The first-order valence-corrected chi connectivity index (χ1v) is 4.95. The lowest BCUT2D eigenvalue weighted by Crippen LogP contribution is -2.27. The molecule has 1 aromatic rings. The van der Waals surface area contributed by atoms with E-state index in [0.717, 1.165) is 0 Å². The van der Waals surface area contributed by atoms with Crippen molar-refractivity contribution in [2.45, 2.75) is 18.8 Å². The molecule has 5 N–H and O–H groups in total. The Kier molecular flexibility index (Phi) is 4.53. The van der Waals surface area contributed by atoms with Crippen LogP contribution in [-0.2, 0) is 6.61 Å². The Bertz CT molecular complexity index is 410. The molecule has 2 unspecified atom stereocenters. The zero-order valence-corrected chi connectivity index (χ0v) is 8.98. The van der Waals surface area contributed by atoms with Gasteiger partial charge in [0.05, 0.1) is 23.2 Å². The van der Waals surface area contributed by atoms with Crippen molar-refractivity contribution in [1.82, 2.24) is 0 Å². The van der Waals surface area contributed by atoms with Gasteiger partial charge in [0.25, 0.3) is 5.69 Å². The summed E-state index contributed by atoms with van der Waals surface area (Å²) in [7, 11) is 0. The summed E-state index contributed by atoms with van der Waals surface area (Å²) in [4.78, 5) is 9.99. The van der Waals surface area contributed by atoms with E-state index in [1.807, 2.05) is 0 Å². The second-order valence-electron chi connectivity index (χ2n) is 3.55. The standard InChI is InChI=1S/C10H14N2O5/c11-4-9(14)10(15)6-1-2-8(12(16)17)7(3-6)5-13/h1-3,9-10,13-15H,4-5,11H2. The smallest absolute Gasteiger partial charge is 0.274 e. The second kappa shape index (κ2) is 5.69. The topological polar surface area (TPSA) is 130 Å². The SMILES string of the molecule is NCC(O)C(O)c1ccc([N+](=O)[O-])c(CO)c1. The molecule has 2 atom stereocenters. The predicted octanol–water partition coefficient (Wildman–Crippen LogP) is -0.560. The summed E-state index contributed by atoms with van der Waals surface area (Å²) in [6, 6.07) is 3.77. The fourth-order valence-corrected chi connectivity index (χ4v) is 1.45. The van der Waals surface area contributed by atoms with Gasteiger partial charge in [-0.25, -0.2) is 0 Å². The molecule has 17 heavy (non-hydrogen) atoms. The Labute approximate surface area is 97.3 Å². The number of nitro benzene ring substituents is 1. The van der Waals surface area contributed by atoms with Crippen LogP contribution in [0.2, 0.25) is 0 Å². The lowest BCUT2D eigenvalue weighted by Gasteiger charge is -2.16. The van der Waals surface area contributed by atoms with Gasteiger partial charge in [-0.15, -0.1) is 0 Å². The summed E-state index contributed by atoms with van der Waals surface area (Å²) < 4.78 is 0. The van der Waals surface area contributed by atoms with Gasteiger partial charge >= 0.3 is 0 Å². The number of aliphatic hydroxyl groups is 3. The molecule has 0 amide bonds. The van der Waals surface area contributed by atoms with Crippen molar-refractivity contribution in [2.24, 2.45) is 5.73 Å². The monoisotopic (exact) mass is 242 g/mol. The summed E-state index contributed by atoms with van der Waals surface area (Å²) in [5.41, 5.74) is 5.32. The summed E-state index contributed by atoms with van der Waals surface area (Å²) in [5, 5.41) is 38.6. The minimum atomic E-state index is -1.23. The van der Waals surface area contributed by atoms with Crippen LogP contribution in [-0.4, -0.2) is 32.9 Å². The predicted molar refractivity (Wildman–Crippen MR) is 59.0 cm³/mol. The molecule has 0 aliphatic heterocycles. The van der Waals surface area contributed by atoms with Crippen LogP contribution < -0.4 is 5.73 Å². The van der Waals surface area contributed by atoms with Crippen LogP contribution in [0.1, 0.15) is 17.2 Å². The van der Waals surface area contributed by atoms with Crippen molar-refractivity contribution in [3.63, 3.8) is 0 Å². The Morgan fingerprint density at radius 3 is 2.53 bits per heavy atom. The van der Waals surface area contributed by atoms with Crippen molar-refractivity contribution in [1.29, 1.82) is 0 Å². The van der Waals surface area contributed by atoms with E-state index in [2.05, 4.69) is 0 Å². The molecule has 0 fully saturated rings. The summed E-state index contributed by atoms with van der Waals surface area (Å²) in [5.74, 6) is 0. The van der Waals surface area contributed by atoms with Gasteiger partial charge in [-0.2, -0.15) is 0 Å². The Morgan fingerprint density at radius 1 is 1.41 bits per heavy atom. The van der Waals surface area contributed by atoms with Crippen molar-refractivity contribution in [3.05, 3.63) is 39.4 Å². The van der Waals surface area contributed by atoms with Crippen LogP contribution in [0.5, 0.6) is 0 Å². The van der Waals surface area contributed by atoms with Gasteiger partial charge in [-0.3, -0.25) is 10.1 Å². The number of nitro groups is 1. The number of aliphatic hydroxyl groups excluding tert-OH is 3. The lowest BCUT2D eigenvalue weighted by atomic mass is 10.0. The number of benzene rings is 1. The molecule has 1 aromatic carbocycles. The highest BCUT2D eigenvalue weighted by Crippen LogP contribution is 2.24. The van der Waals surface area contributed by atoms with Crippen molar-refractivity contribution in [3.8, 4) is 0 Å². The van der Waals surface area contributed by atoms with E-state index in [-0.39, 0.29) is 23.4 Å². The minimum Gasteiger partial charge on any atom is -0.391 e. The highest BCUT2D eigenvalue weighted by molar-refractivity contribution is 5.43. The third-order valence-electron chi connectivity index (χ3n) is 2.42. The van der Waals surface area contributed by atoms with E-state index < -0.39 is 23.7 Å². The molecule has 94 valence electrons. The number of hydrogen-bond donors (Lipinski definition) is 4. The molecule has 0 spiro atoms. The molecule has 0 aliphatic rings. The first kappa shape index (κ1) is 13.5. The quantitative estimate of drug-likeness (QED) is 0.404. The van der Waals surface area contributed by atoms with Gasteiger partial charge in [0.15, 0.2) is 0 Å². The maximum atomic E-state index is 10.6. The lowest BCUT2D eigenvalue weighted by molar-refractivity contribution is -0.385. The number of nitrogens with two attached hydrogens (primary N) is 1. The fraction of sp³-hybridized carbons (Fsp3) is 0.400. The number of hydrogen-bond acceptors (Lipinski definition) is 6. The van der Waals surface area contributed by atoms with E-state index in [4.69, 9.17) is 10.8 Å². The van der Waals surface area contributed by atoms with Crippen molar-refractivity contribution in [2.75, 3.05) is 6.54 Å². The molecule has 0 aromatic heterocycles. The third-order valence-corrected chi connectivity index (χ3v) is 2.42. The summed E-state index contributed by atoms with van der Waals surface area (Å²) in [6.07, 6.45) is -2.38. The van der Waals surface area contributed by atoms with Gasteiger partial charge < -0.3 is 21.1 Å². The molecule has 7 nitrogen and oxygen atoms in total. The highest BCUT2D eigenvalue weighted by Gasteiger charge is 2.20. The number of rotatable bonds is 5. The van der Waals surface area contributed by atoms with Crippen LogP contribution in [0.15, 0.2) is 18.2 Å². The zero-order chi connectivity index (χ0) is 13.0. The molecule has 0 saturated carbocycles. The Balaban J connectivity index is 3.09. The van der Waals surface area contributed by atoms with Gasteiger partial charge in [-0.05, 0) is 17.7 Å². The summed E-state index contributed by atoms with van der Waals surface area (Å²) in [6.45, 7) is -0.651. The number of nitrogens with zero attached hydrogens (tertiary/aromatic N) is 1. The molecule has 0 radical (unpaired) electrons. The maximum Gasteiger partial charge on any atom is 0.274 e. The van der Waals surface area contributed by atoms with Gasteiger partial charge in [-0.1, -0.05) is 0 Å². The molecular weight excluding hydrogens is 228 g/mol. The fourth-order valence-electron chi connectivity index (χ4n) is 1.45. The average Bonchev–Trinajstić information content (AvgIpc) is 2.35. The van der Waals surface area contributed by atoms with Gasteiger partial charge in [0, 0.05) is 12.6 Å². The molecule has 7 heteroatoms. The van der Waals surface area contributed by atoms with E-state index in [0.29, 0.717) is 0 Å². The highest BCUT2D eigenvalue weighted by atomic mass is 16.6. The van der Waals surface area contributed by atoms with Crippen LogP contribution in [0.25, 0.3) is 0 Å². The molecule has 0 saturated heterocycles. The van der Waals surface area contributed by atoms with Crippen LogP contribution >= 0.6 is 0 Å².